The second-order valence-corrected chi connectivity index (χ2v) is 4.50. The van der Waals surface area contributed by atoms with E-state index < -0.39 is 0 Å². The molecule has 0 atom stereocenters. The zero-order chi connectivity index (χ0) is 10.4. The molecule has 3 aromatic rings. The van der Waals surface area contributed by atoms with Crippen molar-refractivity contribution in [1.29, 1.82) is 0 Å². The van der Waals surface area contributed by atoms with Gasteiger partial charge in [-0.25, -0.2) is 9.50 Å². The van der Waals surface area contributed by atoms with Gasteiger partial charge in [-0.15, -0.1) is 0 Å². The summed E-state index contributed by atoms with van der Waals surface area (Å²) in [5.74, 6) is 0.794. The third-order valence-corrected chi connectivity index (χ3v) is 3.11. The number of imidazole rings is 1. The molecule has 0 N–H and O–H groups in total. The van der Waals surface area contributed by atoms with Crippen molar-refractivity contribution in [3.05, 3.63) is 29.1 Å². The average molecular weight is 219 g/mol. The van der Waals surface area contributed by atoms with Crippen LogP contribution in [-0.2, 0) is 0 Å². The van der Waals surface area contributed by atoms with Crippen molar-refractivity contribution in [2.75, 3.05) is 0 Å². The molecule has 0 radical (unpaired) electrons. The van der Waals surface area contributed by atoms with Crippen LogP contribution < -0.4 is 0 Å². The SMILES string of the molecule is Cc1nn2c(C)c(-c3ccco3)nc2s1. The number of furan rings is 1. The van der Waals surface area contributed by atoms with Gasteiger partial charge in [0.15, 0.2) is 5.76 Å². The second kappa shape index (κ2) is 2.93. The van der Waals surface area contributed by atoms with Crippen LogP contribution in [0.25, 0.3) is 16.4 Å². The largest absolute Gasteiger partial charge is 0.463 e. The van der Waals surface area contributed by atoms with E-state index in [4.69, 9.17) is 4.42 Å². The summed E-state index contributed by atoms with van der Waals surface area (Å²) in [4.78, 5) is 5.41. The maximum atomic E-state index is 5.33. The highest BCUT2D eigenvalue weighted by molar-refractivity contribution is 7.16. The van der Waals surface area contributed by atoms with E-state index in [1.54, 1.807) is 17.6 Å². The zero-order valence-corrected chi connectivity index (χ0v) is 9.21. The molecule has 0 aliphatic rings. The van der Waals surface area contributed by atoms with E-state index >= 15 is 0 Å². The molecule has 0 aliphatic carbocycles. The number of hydrogen-bond acceptors (Lipinski definition) is 4. The molecule has 4 nitrogen and oxygen atoms in total. The van der Waals surface area contributed by atoms with Gasteiger partial charge >= 0.3 is 0 Å². The quantitative estimate of drug-likeness (QED) is 0.632. The Morgan fingerprint density at radius 2 is 2.27 bits per heavy atom. The highest BCUT2D eigenvalue weighted by Crippen LogP contribution is 2.26. The third kappa shape index (κ3) is 1.20. The minimum Gasteiger partial charge on any atom is -0.463 e. The van der Waals surface area contributed by atoms with E-state index in [-0.39, 0.29) is 0 Å². The predicted molar refractivity (Wildman–Crippen MR) is 58.0 cm³/mol. The van der Waals surface area contributed by atoms with Crippen LogP contribution in [0, 0.1) is 13.8 Å². The number of hydrogen-bond donors (Lipinski definition) is 0. The Morgan fingerprint density at radius 3 is 2.93 bits per heavy atom. The molecular formula is C10H9N3OS. The fourth-order valence-corrected chi connectivity index (χ4v) is 2.38. The molecule has 0 aliphatic heterocycles. The second-order valence-electron chi connectivity index (χ2n) is 3.34. The Bertz CT molecular complexity index is 606. The Kier molecular flexibility index (Phi) is 1.70. The van der Waals surface area contributed by atoms with Gasteiger partial charge in [0, 0.05) is 0 Å². The van der Waals surface area contributed by atoms with E-state index in [9.17, 15) is 0 Å². The molecule has 0 bridgehead atoms. The van der Waals surface area contributed by atoms with Gasteiger partial charge < -0.3 is 4.42 Å². The van der Waals surface area contributed by atoms with Crippen LogP contribution >= 0.6 is 11.3 Å². The van der Waals surface area contributed by atoms with Crippen LogP contribution in [0.4, 0.5) is 0 Å². The molecule has 0 spiro atoms. The van der Waals surface area contributed by atoms with Gasteiger partial charge in [-0.05, 0) is 26.0 Å². The molecular weight excluding hydrogens is 210 g/mol. The topological polar surface area (TPSA) is 43.3 Å². The van der Waals surface area contributed by atoms with Crippen LogP contribution in [0.3, 0.4) is 0 Å². The molecule has 0 amide bonds. The number of aryl methyl sites for hydroxylation is 2. The third-order valence-electron chi connectivity index (χ3n) is 2.28. The number of fused-ring (bicyclic) bond motifs is 1. The highest BCUT2D eigenvalue weighted by atomic mass is 32.1. The average Bonchev–Trinajstić information content (AvgIpc) is 2.84. The molecule has 0 saturated carbocycles. The first kappa shape index (κ1) is 8.67. The van der Waals surface area contributed by atoms with Gasteiger partial charge in [0.1, 0.15) is 10.7 Å². The molecule has 76 valence electrons. The normalized spacial score (nSPS) is 11.3. The van der Waals surface area contributed by atoms with Crippen molar-refractivity contribution in [3.63, 3.8) is 0 Å². The van der Waals surface area contributed by atoms with Gasteiger partial charge in [0.25, 0.3) is 0 Å². The minimum absolute atomic E-state index is 0.794. The first-order chi connectivity index (χ1) is 7.25. The van der Waals surface area contributed by atoms with Crippen LogP contribution in [0.5, 0.6) is 0 Å². The Labute approximate surface area is 90.2 Å². The lowest BCUT2D eigenvalue weighted by atomic mass is 10.3. The van der Waals surface area contributed by atoms with Crippen molar-refractivity contribution >= 4 is 16.3 Å². The van der Waals surface area contributed by atoms with Crippen molar-refractivity contribution in [2.45, 2.75) is 13.8 Å². The molecule has 0 aromatic carbocycles. The first-order valence-electron chi connectivity index (χ1n) is 4.62. The van der Waals surface area contributed by atoms with Crippen LogP contribution in [-0.4, -0.2) is 14.6 Å². The zero-order valence-electron chi connectivity index (χ0n) is 8.39. The summed E-state index contributed by atoms with van der Waals surface area (Å²) >= 11 is 1.58. The highest BCUT2D eigenvalue weighted by Gasteiger charge is 2.14. The van der Waals surface area contributed by atoms with Crippen LogP contribution in [0.1, 0.15) is 10.7 Å². The minimum atomic E-state index is 0.794. The van der Waals surface area contributed by atoms with Crippen LogP contribution in [0.2, 0.25) is 0 Å². The molecule has 3 aromatic heterocycles. The maximum Gasteiger partial charge on any atom is 0.213 e. The van der Waals surface area contributed by atoms with Crippen molar-refractivity contribution in [2.24, 2.45) is 0 Å². The molecule has 3 heterocycles. The van der Waals surface area contributed by atoms with E-state index in [1.807, 2.05) is 30.5 Å². The van der Waals surface area contributed by atoms with Gasteiger partial charge in [-0.2, -0.15) is 5.10 Å². The summed E-state index contributed by atoms with van der Waals surface area (Å²) in [7, 11) is 0. The molecule has 0 saturated heterocycles. The Balaban J connectivity index is 2.29. The number of aromatic nitrogens is 3. The van der Waals surface area contributed by atoms with Crippen molar-refractivity contribution in [1.82, 2.24) is 14.6 Å². The fourth-order valence-electron chi connectivity index (χ4n) is 1.59. The molecule has 15 heavy (non-hydrogen) atoms. The smallest absolute Gasteiger partial charge is 0.213 e. The lowest BCUT2D eigenvalue weighted by Gasteiger charge is -1.92. The van der Waals surface area contributed by atoms with E-state index in [0.29, 0.717) is 0 Å². The monoisotopic (exact) mass is 219 g/mol. The maximum absolute atomic E-state index is 5.33. The molecule has 5 heteroatoms. The van der Waals surface area contributed by atoms with E-state index in [1.165, 1.54) is 0 Å². The van der Waals surface area contributed by atoms with Crippen LogP contribution in [0.15, 0.2) is 22.8 Å². The van der Waals surface area contributed by atoms with Crippen molar-refractivity contribution in [3.8, 4) is 11.5 Å². The van der Waals surface area contributed by atoms with E-state index in [2.05, 4.69) is 10.1 Å². The summed E-state index contributed by atoms with van der Waals surface area (Å²) in [6.45, 7) is 3.97. The molecule has 3 rings (SSSR count). The summed E-state index contributed by atoms with van der Waals surface area (Å²) in [6.07, 6.45) is 1.65. The van der Waals surface area contributed by atoms with Gasteiger partial charge in [0.2, 0.25) is 4.96 Å². The van der Waals surface area contributed by atoms with Gasteiger partial charge in [-0.1, -0.05) is 11.3 Å². The standard InChI is InChI=1S/C10H9N3OS/c1-6-9(8-4-3-5-14-8)11-10-13(6)12-7(2)15-10/h3-5H,1-2H3. The predicted octanol–water partition coefficient (Wildman–Crippen LogP) is 2.67. The summed E-state index contributed by atoms with van der Waals surface area (Å²) in [5.41, 5.74) is 1.89. The lowest BCUT2D eigenvalue weighted by molar-refractivity contribution is 0.580. The number of rotatable bonds is 1. The lowest BCUT2D eigenvalue weighted by Crippen LogP contribution is -1.88. The van der Waals surface area contributed by atoms with Crippen molar-refractivity contribution < 1.29 is 4.42 Å². The summed E-state index contributed by atoms with van der Waals surface area (Å²) in [5, 5.41) is 5.39. The molecule has 0 fully saturated rings. The Hall–Kier alpha value is -1.62. The van der Waals surface area contributed by atoms with Gasteiger partial charge in [-0.3, -0.25) is 0 Å². The fraction of sp³-hybridized carbons (Fsp3) is 0.200. The summed E-state index contributed by atoms with van der Waals surface area (Å²) < 4.78 is 7.19. The molecule has 0 unspecified atom stereocenters. The Morgan fingerprint density at radius 1 is 1.40 bits per heavy atom. The summed E-state index contributed by atoms with van der Waals surface area (Å²) in [6, 6.07) is 3.77. The first-order valence-corrected chi connectivity index (χ1v) is 5.44. The van der Waals surface area contributed by atoms with Gasteiger partial charge in [0.05, 0.1) is 12.0 Å². The van der Waals surface area contributed by atoms with E-state index in [0.717, 1.165) is 27.1 Å². The number of nitrogens with zero attached hydrogens (tertiary/aromatic N) is 3.